The largest absolute Gasteiger partial charge is 0.460 e. The molecular formula is C33H39N5O8S. The Bertz CT molecular complexity index is 1690. The summed E-state index contributed by atoms with van der Waals surface area (Å²) in [6.45, 7) is 7.81. The quantitative estimate of drug-likeness (QED) is 0.317. The summed E-state index contributed by atoms with van der Waals surface area (Å²) < 4.78 is 37.9. The number of rotatable bonds is 10. The molecule has 14 heteroatoms. The van der Waals surface area contributed by atoms with Gasteiger partial charge in [0.1, 0.15) is 16.5 Å². The van der Waals surface area contributed by atoms with Gasteiger partial charge in [-0.15, -0.1) is 0 Å². The zero-order valence-corrected chi connectivity index (χ0v) is 27.7. The van der Waals surface area contributed by atoms with Gasteiger partial charge in [0.2, 0.25) is 15.7 Å². The highest BCUT2D eigenvalue weighted by Crippen LogP contribution is 2.25. The minimum absolute atomic E-state index is 0.0675. The fourth-order valence-electron chi connectivity index (χ4n) is 4.87. The predicted molar refractivity (Wildman–Crippen MR) is 171 cm³/mol. The summed E-state index contributed by atoms with van der Waals surface area (Å²) >= 11 is 0. The molecule has 2 heterocycles. The Kier molecular flexibility index (Phi) is 11.3. The van der Waals surface area contributed by atoms with E-state index in [1.807, 2.05) is 0 Å². The van der Waals surface area contributed by atoms with Crippen LogP contribution in [0.2, 0.25) is 0 Å². The van der Waals surface area contributed by atoms with E-state index >= 15 is 0 Å². The van der Waals surface area contributed by atoms with E-state index in [9.17, 15) is 27.6 Å². The molecule has 1 atom stereocenters. The number of nitrogens with zero attached hydrogens (tertiary/aromatic N) is 4. The molecule has 1 saturated heterocycles. The molecule has 0 saturated carbocycles. The van der Waals surface area contributed by atoms with Crippen molar-refractivity contribution < 1.29 is 37.1 Å². The van der Waals surface area contributed by atoms with E-state index in [0.29, 0.717) is 5.56 Å². The van der Waals surface area contributed by atoms with Crippen LogP contribution >= 0.6 is 0 Å². The standard InChI is InChI=1S/C33H39N5O8S/c1-5-45-32(42)38-20-18-37(19-21-38)31(41)25(16-17-27(39)46-33(2,3)4)35-30(40)28-26(47(43,44)24-14-10-7-11-15-24)22-34-29(36-28)23-12-8-6-9-13-23/h6-15,22,25H,5,16-21H2,1-4H3,(H,35,40). The molecule has 250 valence electrons. The molecular weight excluding hydrogens is 626 g/mol. The molecule has 3 aromatic rings. The minimum Gasteiger partial charge on any atom is -0.460 e. The molecule has 1 aliphatic rings. The highest BCUT2D eigenvalue weighted by atomic mass is 32.2. The number of benzene rings is 2. The molecule has 47 heavy (non-hydrogen) atoms. The number of nitrogens with one attached hydrogen (secondary N) is 1. The third-order valence-electron chi connectivity index (χ3n) is 7.12. The second-order valence-electron chi connectivity index (χ2n) is 11.8. The van der Waals surface area contributed by atoms with Crippen LogP contribution in [0.5, 0.6) is 0 Å². The summed E-state index contributed by atoms with van der Waals surface area (Å²) in [5.74, 6) is -1.91. The van der Waals surface area contributed by atoms with Gasteiger partial charge in [-0.05, 0) is 46.2 Å². The summed E-state index contributed by atoms with van der Waals surface area (Å²) in [6.07, 6.45) is 0.262. The summed E-state index contributed by atoms with van der Waals surface area (Å²) in [5.41, 5.74) is -0.675. The van der Waals surface area contributed by atoms with Gasteiger partial charge in [0.05, 0.1) is 17.7 Å². The molecule has 13 nitrogen and oxygen atoms in total. The van der Waals surface area contributed by atoms with Crippen LogP contribution in [-0.4, -0.2) is 96.5 Å². The average Bonchev–Trinajstić information content (AvgIpc) is 3.06. The van der Waals surface area contributed by atoms with Crippen molar-refractivity contribution in [2.45, 2.75) is 62.0 Å². The molecule has 1 fully saturated rings. The Morgan fingerprint density at radius 1 is 0.915 bits per heavy atom. The van der Waals surface area contributed by atoms with Crippen molar-refractivity contribution in [2.75, 3.05) is 32.8 Å². The second-order valence-corrected chi connectivity index (χ2v) is 13.7. The van der Waals surface area contributed by atoms with E-state index in [1.54, 1.807) is 76.2 Å². The normalized spacial score (nSPS) is 14.2. The van der Waals surface area contributed by atoms with Crippen LogP contribution < -0.4 is 5.32 Å². The van der Waals surface area contributed by atoms with Gasteiger partial charge in [0, 0.05) is 38.2 Å². The Hall–Kier alpha value is -4.85. The number of sulfone groups is 1. The summed E-state index contributed by atoms with van der Waals surface area (Å²) in [5, 5.41) is 2.65. The Morgan fingerprint density at radius 3 is 2.11 bits per heavy atom. The number of ether oxygens (including phenoxy) is 2. The first-order valence-electron chi connectivity index (χ1n) is 15.3. The van der Waals surface area contributed by atoms with Crippen molar-refractivity contribution in [1.82, 2.24) is 25.1 Å². The molecule has 4 rings (SSSR count). The smallest absolute Gasteiger partial charge is 0.409 e. The van der Waals surface area contributed by atoms with Gasteiger partial charge >= 0.3 is 12.1 Å². The highest BCUT2D eigenvalue weighted by Gasteiger charge is 2.34. The minimum atomic E-state index is -4.26. The zero-order chi connectivity index (χ0) is 34.2. The summed E-state index contributed by atoms with van der Waals surface area (Å²) in [4.78, 5) is 63.7. The Labute approximate surface area is 274 Å². The number of esters is 1. The van der Waals surface area contributed by atoms with Gasteiger partial charge in [-0.25, -0.2) is 23.2 Å². The van der Waals surface area contributed by atoms with Gasteiger partial charge in [0.15, 0.2) is 11.5 Å². The lowest BCUT2D eigenvalue weighted by Gasteiger charge is -2.36. The lowest BCUT2D eigenvalue weighted by atomic mass is 10.1. The Balaban J connectivity index is 1.67. The van der Waals surface area contributed by atoms with Crippen molar-refractivity contribution in [1.29, 1.82) is 0 Å². The molecule has 1 aliphatic heterocycles. The number of aromatic nitrogens is 2. The molecule has 0 radical (unpaired) electrons. The van der Waals surface area contributed by atoms with E-state index in [1.165, 1.54) is 21.9 Å². The number of hydrogen-bond acceptors (Lipinski definition) is 10. The van der Waals surface area contributed by atoms with Crippen molar-refractivity contribution in [3.8, 4) is 11.4 Å². The van der Waals surface area contributed by atoms with Crippen LogP contribution in [0.1, 0.15) is 51.0 Å². The maximum atomic E-state index is 14.0. The first kappa shape index (κ1) is 35.0. The monoisotopic (exact) mass is 665 g/mol. The van der Waals surface area contributed by atoms with Crippen LogP contribution in [0.4, 0.5) is 4.79 Å². The van der Waals surface area contributed by atoms with Crippen molar-refractivity contribution in [3.05, 3.63) is 72.6 Å². The number of carbonyl (C=O) groups excluding carboxylic acids is 4. The van der Waals surface area contributed by atoms with Gasteiger partial charge in [-0.3, -0.25) is 14.4 Å². The van der Waals surface area contributed by atoms with E-state index < -0.39 is 55.9 Å². The Morgan fingerprint density at radius 2 is 1.51 bits per heavy atom. The molecule has 0 spiro atoms. The maximum absolute atomic E-state index is 14.0. The van der Waals surface area contributed by atoms with Crippen LogP contribution in [0.25, 0.3) is 11.4 Å². The third kappa shape index (κ3) is 9.12. The van der Waals surface area contributed by atoms with E-state index in [0.717, 1.165) is 6.20 Å². The average molecular weight is 666 g/mol. The maximum Gasteiger partial charge on any atom is 0.409 e. The van der Waals surface area contributed by atoms with Crippen LogP contribution in [0.3, 0.4) is 0 Å². The van der Waals surface area contributed by atoms with Gasteiger partial charge in [-0.2, -0.15) is 0 Å². The lowest BCUT2D eigenvalue weighted by molar-refractivity contribution is -0.155. The number of hydrogen-bond donors (Lipinski definition) is 1. The molecule has 1 N–H and O–H groups in total. The number of carbonyl (C=O) groups is 4. The summed E-state index contributed by atoms with van der Waals surface area (Å²) in [6, 6.07) is 15.0. The number of piperazine rings is 1. The molecule has 1 aromatic heterocycles. The van der Waals surface area contributed by atoms with E-state index in [-0.39, 0.29) is 56.3 Å². The molecule has 2 aromatic carbocycles. The van der Waals surface area contributed by atoms with E-state index in [4.69, 9.17) is 9.47 Å². The first-order valence-corrected chi connectivity index (χ1v) is 16.7. The predicted octanol–water partition coefficient (Wildman–Crippen LogP) is 3.50. The van der Waals surface area contributed by atoms with Gasteiger partial charge in [-0.1, -0.05) is 48.5 Å². The third-order valence-corrected chi connectivity index (χ3v) is 8.89. The van der Waals surface area contributed by atoms with Crippen molar-refractivity contribution >= 4 is 33.7 Å². The fourth-order valence-corrected chi connectivity index (χ4v) is 6.22. The van der Waals surface area contributed by atoms with Crippen LogP contribution in [0.15, 0.2) is 76.7 Å². The fraction of sp³-hybridized carbons (Fsp3) is 0.394. The van der Waals surface area contributed by atoms with Gasteiger partial charge < -0.3 is 24.6 Å². The van der Waals surface area contributed by atoms with E-state index in [2.05, 4.69) is 15.3 Å². The molecule has 1 unspecified atom stereocenters. The molecule has 3 amide bonds. The second kappa shape index (κ2) is 15.2. The van der Waals surface area contributed by atoms with Crippen molar-refractivity contribution in [2.24, 2.45) is 0 Å². The topological polar surface area (TPSA) is 165 Å². The van der Waals surface area contributed by atoms with Gasteiger partial charge in [0.25, 0.3) is 5.91 Å². The van der Waals surface area contributed by atoms with Crippen LogP contribution in [-0.2, 0) is 28.9 Å². The molecule has 0 bridgehead atoms. The van der Waals surface area contributed by atoms with Crippen molar-refractivity contribution in [3.63, 3.8) is 0 Å². The lowest BCUT2D eigenvalue weighted by Crippen LogP contribution is -2.56. The number of amides is 3. The first-order chi connectivity index (χ1) is 22.3. The summed E-state index contributed by atoms with van der Waals surface area (Å²) in [7, 11) is -4.26. The molecule has 0 aliphatic carbocycles. The highest BCUT2D eigenvalue weighted by molar-refractivity contribution is 7.91. The SMILES string of the molecule is CCOC(=O)N1CCN(C(=O)C(CCC(=O)OC(C)(C)C)NC(=O)c2nc(-c3ccccc3)ncc2S(=O)(=O)c2ccccc2)CC1. The van der Waals surface area contributed by atoms with Crippen LogP contribution in [0, 0.1) is 0 Å². The zero-order valence-electron chi connectivity index (χ0n) is 26.8.